The van der Waals surface area contributed by atoms with Gasteiger partial charge >= 0.3 is 0 Å². The molecule has 0 spiro atoms. The summed E-state index contributed by atoms with van der Waals surface area (Å²) in [6, 6.07) is 14.5. The van der Waals surface area contributed by atoms with E-state index in [-0.39, 0.29) is 10.6 Å². The molecule has 142 valence electrons. The summed E-state index contributed by atoms with van der Waals surface area (Å²) in [6.45, 7) is 5.26. The average molecular weight is 388 g/mol. The van der Waals surface area contributed by atoms with Crippen LogP contribution in [-0.4, -0.2) is 16.8 Å². The maximum Gasteiger partial charge on any atom is 0.292 e. The molecule has 2 aromatic carbocycles. The summed E-state index contributed by atoms with van der Waals surface area (Å²) in [7, 11) is 2.07. The number of halogens is 1. The Hall–Kier alpha value is -2.51. The molecule has 0 bridgehead atoms. The largest absolute Gasteiger partial charge is 0.478 e. The van der Waals surface area contributed by atoms with Crippen LogP contribution in [0, 0.1) is 17.6 Å². The minimum atomic E-state index is -0.554. The van der Waals surface area contributed by atoms with Gasteiger partial charge in [0.1, 0.15) is 6.54 Å². The summed E-state index contributed by atoms with van der Waals surface area (Å²) < 4.78 is 26.6. The highest BCUT2D eigenvalue weighted by atomic mass is 32.1. The first-order valence-electron chi connectivity index (χ1n) is 8.79. The van der Waals surface area contributed by atoms with Gasteiger partial charge in [0.25, 0.3) is 10.7 Å². The van der Waals surface area contributed by atoms with E-state index in [1.54, 1.807) is 29.8 Å². The Balaban J connectivity index is 1.68. The standard InChI is InChI=1S/C20H22FN3O2S/c1-14-8-4-5-9-16(14)12-23(3)13-24-20(27)26-19(22-24)15(2)25-18-11-7-6-10-17(18)21/h4-11,15H,12-13H2,1-3H3/p+1/t15-/m1/s1. The van der Waals surface area contributed by atoms with Gasteiger partial charge in [-0.25, -0.2) is 4.39 Å². The summed E-state index contributed by atoms with van der Waals surface area (Å²) in [6.07, 6.45) is -0.554. The quantitative estimate of drug-likeness (QED) is 0.630. The fourth-order valence-corrected chi connectivity index (χ4v) is 3.00. The molecule has 2 atom stereocenters. The van der Waals surface area contributed by atoms with Crippen LogP contribution in [0.3, 0.4) is 0 Å². The average Bonchev–Trinajstić information content (AvgIpc) is 2.99. The molecule has 0 aliphatic rings. The van der Waals surface area contributed by atoms with E-state index in [4.69, 9.17) is 21.4 Å². The van der Waals surface area contributed by atoms with E-state index in [9.17, 15) is 4.39 Å². The van der Waals surface area contributed by atoms with E-state index in [1.165, 1.54) is 22.1 Å². The molecule has 3 rings (SSSR count). The molecule has 0 saturated carbocycles. The maximum absolute atomic E-state index is 13.8. The number of ether oxygens (including phenoxy) is 1. The van der Waals surface area contributed by atoms with Crippen LogP contribution in [0.1, 0.15) is 30.0 Å². The van der Waals surface area contributed by atoms with Crippen LogP contribution in [0.15, 0.2) is 52.9 Å². The highest BCUT2D eigenvalue weighted by Crippen LogP contribution is 2.23. The van der Waals surface area contributed by atoms with Crippen molar-refractivity contribution in [1.82, 2.24) is 9.78 Å². The van der Waals surface area contributed by atoms with E-state index in [0.717, 1.165) is 6.54 Å². The van der Waals surface area contributed by atoms with Crippen LogP contribution in [0.5, 0.6) is 5.75 Å². The first kappa shape index (κ1) is 19.3. The minimum absolute atomic E-state index is 0.156. The molecule has 7 heteroatoms. The first-order valence-corrected chi connectivity index (χ1v) is 9.19. The number of aryl methyl sites for hydroxylation is 1. The first-order chi connectivity index (χ1) is 12.9. The molecule has 1 aromatic heterocycles. The summed E-state index contributed by atoms with van der Waals surface area (Å²) in [5.74, 6) is 0.0553. The predicted octanol–water partition coefficient (Wildman–Crippen LogP) is 3.47. The highest BCUT2D eigenvalue weighted by molar-refractivity contribution is 7.71. The van der Waals surface area contributed by atoms with Crippen molar-refractivity contribution in [2.75, 3.05) is 7.05 Å². The number of hydrogen-bond donors (Lipinski definition) is 1. The van der Waals surface area contributed by atoms with E-state index in [0.29, 0.717) is 12.6 Å². The number of quaternary nitrogens is 1. The molecular formula is C20H23FN3O2S+. The monoisotopic (exact) mass is 388 g/mol. The summed E-state index contributed by atoms with van der Waals surface area (Å²) in [5.41, 5.74) is 2.54. The second-order valence-corrected chi connectivity index (χ2v) is 6.96. The number of rotatable bonds is 7. The van der Waals surface area contributed by atoms with Crippen molar-refractivity contribution in [3.63, 3.8) is 0 Å². The van der Waals surface area contributed by atoms with Crippen LogP contribution < -0.4 is 9.64 Å². The van der Waals surface area contributed by atoms with Crippen LogP contribution >= 0.6 is 12.2 Å². The van der Waals surface area contributed by atoms with Gasteiger partial charge in [0.2, 0.25) is 0 Å². The van der Waals surface area contributed by atoms with Gasteiger partial charge in [-0.2, -0.15) is 4.68 Å². The third-order valence-corrected chi connectivity index (χ3v) is 4.58. The van der Waals surface area contributed by atoms with Crippen LogP contribution in [0.4, 0.5) is 4.39 Å². The Morgan fingerprint density at radius 2 is 1.93 bits per heavy atom. The minimum Gasteiger partial charge on any atom is -0.478 e. The van der Waals surface area contributed by atoms with Crippen molar-refractivity contribution >= 4 is 12.2 Å². The second-order valence-electron chi connectivity index (χ2n) is 6.61. The molecule has 27 heavy (non-hydrogen) atoms. The number of nitrogens with zero attached hydrogens (tertiary/aromatic N) is 2. The molecule has 0 saturated heterocycles. The number of aromatic nitrogens is 2. The van der Waals surface area contributed by atoms with E-state index >= 15 is 0 Å². The molecule has 1 heterocycles. The van der Waals surface area contributed by atoms with Crippen LogP contribution in [-0.2, 0) is 13.2 Å². The lowest BCUT2D eigenvalue weighted by Crippen LogP contribution is -3.07. The molecule has 0 aliphatic heterocycles. The zero-order valence-electron chi connectivity index (χ0n) is 15.6. The molecule has 1 N–H and O–H groups in total. The molecule has 1 unspecified atom stereocenters. The van der Waals surface area contributed by atoms with Gasteiger partial charge in [0.05, 0.1) is 7.05 Å². The molecule has 0 amide bonds. The molecule has 0 radical (unpaired) electrons. The van der Waals surface area contributed by atoms with Gasteiger partial charge in [0.15, 0.2) is 24.3 Å². The third-order valence-electron chi connectivity index (χ3n) is 4.28. The smallest absolute Gasteiger partial charge is 0.292 e. The van der Waals surface area contributed by atoms with E-state index in [1.807, 2.05) is 12.1 Å². The Morgan fingerprint density at radius 3 is 2.67 bits per heavy atom. The number of para-hydroxylation sites is 1. The summed E-state index contributed by atoms with van der Waals surface area (Å²) >= 11 is 5.28. The number of hydrogen-bond acceptors (Lipinski definition) is 4. The van der Waals surface area contributed by atoms with Gasteiger partial charge in [0, 0.05) is 5.56 Å². The molecule has 0 aliphatic carbocycles. The normalized spacial score (nSPS) is 13.3. The summed E-state index contributed by atoms with van der Waals surface area (Å²) in [5, 5.41) is 4.42. The topological polar surface area (TPSA) is 44.6 Å². The van der Waals surface area contributed by atoms with Crippen molar-refractivity contribution in [2.45, 2.75) is 33.2 Å². The van der Waals surface area contributed by atoms with Gasteiger partial charge < -0.3 is 14.1 Å². The Kier molecular flexibility index (Phi) is 6.03. The number of nitrogens with one attached hydrogen (secondary N) is 1. The zero-order chi connectivity index (χ0) is 19.4. The van der Waals surface area contributed by atoms with E-state index in [2.05, 4.69) is 31.2 Å². The predicted molar refractivity (Wildman–Crippen MR) is 103 cm³/mol. The van der Waals surface area contributed by atoms with Crippen LogP contribution in [0.2, 0.25) is 0 Å². The van der Waals surface area contributed by atoms with Gasteiger partial charge in [-0.1, -0.05) is 36.4 Å². The van der Waals surface area contributed by atoms with Gasteiger partial charge in [-0.15, -0.1) is 5.10 Å². The Bertz CT molecular complexity index is 970. The molecule has 0 fully saturated rings. The van der Waals surface area contributed by atoms with Crippen molar-refractivity contribution in [2.24, 2.45) is 0 Å². The van der Waals surface area contributed by atoms with Crippen molar-refractivity contribution in [3.05, 3.63) is 76.2 Å². The molecular weight excluding hydrogens is 365 g/mol. The van der Waals surface area contributed by atoms with Gasteiger partial charge in [-0.05, 0) is 43.8 Å². The Labute approximate surface area is 163 Å². The summed E-state index contributed by atoms with van der Waals surface area (Å²) in [4.78, 5) is 1.49. The highest BCUT2D eigenvalue weighted by Gasteiger charge is 2.18. The molecule has 3 aromatic rings. The lowest BCUT2D eigenvalue weighted by molar-refractivity contribution is -0.917. The van der Waals surface area contributed by atoms with Crippen molar-refractivity contribution in [1.29, 1.82) is 0 Å². The van der Waals surface area contributed by atoms with Gasteiger partial charge in [-0.3, -0.25) is 0 Å². The second kappa shape index (κ2) is 8.45. The van der Waals surface area contributed by atoms with Crippen molar-refractivity contribution < 1.29 is 18.4 Å². The van der Waals surface area contributed by atoms with Crippen molar-refractivity contribution in [3.8, 4) is 5.75 Å². The lowest BCUT2D eigenvalue weighted by atomic mass is 10.1. The fourth-order valence-electron chi connectivity index (χ4n) is 2.81. The molecule has 5 nitrogen and oxygen atoms in total. The fraction of sp³-hybridized carbons (Fsp3) is 0.300. The van der Waals surface area contributed by atoms with E-state index < -0.39 is 11.9 Å². The zero-order valence-corrected chi connectivity index (χ0v) is 16.4. The Morgan fingerprint density at radius 1 is 1.22 bits per heavy atom. The van der Waals surface area contributed by atoms with Crippen LogP contribution in [0.25, 0.3) is 0 Å². The number of benzene rings is 2. The maximum atomic E-state index is 13.8. The SMILES string of the molecule is Cc1ccccc1C[NH+](C)Cn1nc([C@@H](C)Oc2ccccc2F)oc1=S. The lowest BCUT2D eigenvalue weighted by Gasteiger charge is -2.15. The third kappa shape index (κ3) is 4.81.